The van der Waals surface area contributed by atoms with Gasteiger partial charge in [0.25, 0.3) is 5.91 Å². The van der Waals surface area contributed by atoms with Gasteiger partial charge in [0.1, 0.15) is 11.3 Å². The molecule has 0 radical (unpaired) electrons. The van der Waals surface area contributed by atoms with Crippen LogP contribution in [0.4, 0.5) is 0 Å². The molecular formula is C19H18N2O2S. The Balaban J connectivity index is 2.01. The van der Waals surface area contributed by atoms with E-state index in [1.807, 2.05) is 61.0 Å². The van der Waals surface area contributed by atoms with Crippen molar-refractivity contribution in [3.8, 4) is 5.75 Å². The summed E-state index contributed by atoms with van der Waals surface area (Å²) >= 11 is 1.49. The van der Waals surface area contributed by atoms with E-state index in [1.165, 1.54) is 17.4 Å². The Labute approximate surface area is 144 Å². The SMILES string of the molecule is COc1ccc(C)c2sc(=NC(=O)/C=C/c3ccccc3)n(C)c12. The number of carbonyl (C=O) groups is 1. The van der Waals surface area contributed by atoms with Gasteiger partial charge in [-0.1, -0.05) is 47.7 Å². The average molecular weight is 338 g/mol. The molecule has 0 aliphatic carbocycles. The molecule has 0 saturated carbocycles. The van der Waals surface area contributed by atoms with Crippen LogP contribution in [0, 0.1) is 6.92 Å². The third kappa shape index (κ3) is 3.16. The predicted octanol–water partition coefficient (Wildman–Crippen LogP) is 3.70. The number of rotatable bonds is 3. The van der Waals surface area contributed by atoms with Gasteiger partial charge >= 0.3 is 0 Å². The normalized spacial score (nSPS) is 12.2. The van der Waals surface area contributed by atoms with Crippen LogP contribution in [-0.4, -0.2) is 17.6 Å². The lowest BCUT2D eigenvalue weighted by Crippen LogP contribution is -2.12. The molecule has 1 aromatic heterocycles. The van der Waals surface area contributed by atoms with E-state index in [4.69, 9.17) is 4.74 Å². The number of ether oxygens (including phenoxy) is 1. The number of hydrogen-bond acceptors (Lipinski definition) is 3. The number of aryl methyl sites for hydroxylation is 2. The number of hydrogen-bond donors (Lipinski definition) is 0. The maximum atomic E-state index is 12.2. The van der Waals surface area contributed by atoms with Crippen molar-refractivity contribution in [1.29, 1.82) is 0 Å². The van der Waals surface area contributed by atoms with Crippen molar-refractivity contribution >= 4 is 33.5 Å². The van der Waals surface area contributed by atoms with E-state index in [0.29, 0.717) is 4.80 Å². The molecule has 4 nitrogen and oxygen atoms in total. The van der Waals surface area contributed by atoms with Crippen molar-refractivity contribution in [1.82, 2.24) is 4.57 Å². The van der Waals surface area contributed by atoms with Crippen molar-refractivity contribution in [3.63, 3.8) is 0 Å². The van der Waals surface area contributed by atoms with Crippen molar-refractivity contribution in [2.24, 2.45) is 12.0 Å². The topological polar surface area (TPSA) is 43.6 Å². The fourth-order valence-electron chi connectivity index (χ4n) is 2.48. The van der Waals surface area contributed by atoms with Crippen LogP contribution in [0.25, 0.3) is 16.3 Å². The minimum Gasteiger partial charge on any atom is -0.495 e. The summed E-state index contributed by atoms with van der Waals surface area (Å²) in [5, 5.41) is 0. The summed E-state index contributed by atoms with van der Waals surface area (Å²) in [4.78, 5) is 17.0. The van der Waals surface area contributed by atoms with Gasteiger partial charge in [0.2, 0.25) is 0 Å². The lowest BCUT2D eigenvalue weighted by Gasteiger charge is -2.05. The molecule has 3 rings (SSSR count). The van der Waals surface area contributed by atoms with Gasteiger partial charge < -0.3 is 9.30 Å². The second kappa shape index (κ2) is 6.84. The summed E-state index contributed by atoms with van der Waals surface area (Å²) in [6.45, 7) is 2.04. The Bertz CT molecular complexity index is 982. The summed E-state index contributed by atoms with van der Waals surface area (Å²) in [5.74, 6) is 0.501. The first kappa shape index (κ1) is 16.2. The molecule has 0 fully saturated rings. The quantitative estimate of drug-likeness (QED) is 0.684. The number of nitrogens with zero attached hydrogens (tertiary/aromatic N) is 2. The van der Waals surface area contributed by atoms with E-state index < -0.39 is 0 Å². The molecule has 1 heterocycles. The molecule has 2 aromatic carbocycles. The lowest BCUT2D eigenvalue weighted by molar-refractivity contribution is -0.113. The first-order chi connectivity index (χ1) is 11.6. The summed E-state index contributed by atoms with van der Waals surface area (Å²) < 4.78 is 8.41. The Hall–Kier alpha value is -2.66. The summed E-state index contributed by atoms with van der Waals surface area (Å²) in [6, 6.07) is 13.6. The highest BCUT2D eigenvalue weighted by Crippen LogP contribution is 2.29. The van der Waals surface area contributed by atoms with E-state index in [-0.39, 0.29) is 5.91 Å². The predicted molar refractivity (Wildman–Crippen MR) is 98.1 cm³/mol. The van der Waals surface area contributed by atoms with Crippen molar-refractivity contribution < 1.29 is 9.53 Å². The molecule has 0 saturated heterocycles. The third-order valence-electron chi connectivity index (χ3n) is 3.75. The molecule has 3 aromatic rings. The lowest BCUT2D eigenvalue weighted by atomic mass is 10.2. The minimum absolute atomic E-state index is 0.280. The van der Waals surface area contributed by atoms with E-state index in [2.05, 4.69) is 4.99 Å². The fourth-order valence-corrected chi connectivity index (χ4v) is 3.59. The molecule has 0 unspecified atom stereocenters. The van der Waals surface area contributed by atoms with Crippen LogP contribution in [0.3, 0.4) is 0 Å². The Morgan fingerprint density at radius 1 is 1.21 bits per heavy atom. The van der Waals surface area contributed by atoms with E-state index in [1.54, 1.807) is 13.2 Å². The maximum Gasteiger partial charge on any atom is 0.272 e. The molecule has 24 heavy (non-hydrogen) atoms. The molecule has 5 heteroatoms. The smallest absolute Gasteiger partial charge is 0.272 e. The van der Waals surface area contributed by atoms with Crippen LogP contribution in [0.2, 0.25) is 0 Å². The van der Waals surface area contributed by atoms with Gasteiger partial charge in [0.15, 0.2) is 4.80 Å². The molecule has 0 N–H and O–H groups in total. The van der Waals surface area contributed by atoms with Gasteiger partial charge in [0.05, 0.1) is 11.8 Å². The highest BCUT2D eigenvalue weighted by Gasteiger charge is 2.11. The van der Waals surface area contributed by atoms with Crippen molar-refractivity contribution in [2.75, 3.05) is 7.11 Å². The maximum absolute atomic E-state index is 12.2. The Morgan fingerprint density at radius 3 is 2.67 bits per heavy atom. The first-order valence-electron chi connectivity index (χ1n) is 7.55. The van der Waals surface area contributed by atoms with Crippen LogP contribution >= 0.6 is 11.3 Å². The molecule has 0 atom stereocenters. The number of amides is 1. The van der Waals surface area contributed by atoms with Gasteiger partial charge in [-0.3, -0.25) is 4.79 Å². The number of methoxy groups -OCH3 is 1. The van der Waals surface area contributed by atoms with E-state index in [0.717, 1.165) is 27.1 Å². The zero-order valence-electron chi connectivity index (χ0n) is 13.8. The van der Waals surface area contributed by atoms with E-state index >= 15 is 0 Å². The highest BCUT2D eigenvalue weighted by molar-refractivity contribution is 7.16. The van der Waals surface area contributed by atoms with Crippen LogP contribution in [0.15, 0.2) is 53.5 Å². The highest BCUT2D eigenvalue weighted by atomic mass is 32.1. The molecular weight excluding hydrogens is 320 g/mol. The number of carbonyl (C=O) groups excluding carboxylic acids is 1. The Morgan fingerprint density at radius 2 is 1.96 bits per heavy atom. The number of aromatic nitrogens is 1. The van der Waals surface area contributed by atoms with Gasteiger partial charge in [-0.25, -0.2) is 0 Å². The molecule has 0 aliphatic heterocycles. The van der Waals surface area contributed by atoms with Crippen LogP contribution in [-0.2, 0) is 11.8 Å². The minimum atomic E-state index is -0.280. The molecule has 0 bridgehead atoms. The number of fused-ring (bicyclic) bond motifs is 1. The van der Waals surface area contributed by atoms with Gasteiger partial charge in [-0.2, -0.15) is 4.99 Å². The summed E-state index contributed by atoms with van der Waals surface area (Å²) in [6.07, 6.45) is 3.26. The molecule has 0 aliphatic rings. The Kier molecular flexibility index (Phi) is 4.62. The zero-order valence-corrected chi connectivity index (χ0v) is 14.6. The molecule has 0 spiro atoms. The average Bonchev–Trinajstić information content (AvgIpc) is 2.92. The summed E-state index contributed by atoms with van der Waals surface area (Å²) in [5.41, 5.74) is 3.07. The van der Waals surface area contributed by atoms with Gasteiger partial charge in [0, 0.05) is 13.1 Å². The van der Waals surface area contributed by atoms with Crippen molar-refractivity contribution in [3.05, 3.63) is 64.5 Å². The molecule has 122 valence electrons. The van der Waals surface area contributed by atoms with Gasteiger partial charge in [-0.15, -0.1) is 0 Å². The monoisotopic (exact) mass is 338 g/mol. The van der Waals surface area contributed by atoms with Crippen LogP contribution in [0.1, 0.15) is 11.1 Å². The number of thiazole rings is 1. The van der Waals surface area contributed by atoms with Gasteiger partial charge in [-0.05, 0) is 30.2 Å². The molecule has 1 amide bonds. The van der Waals surface area contributed by atoms with Crippen LogP contribution < -0.4 is 9.54 Å². The van der Waals surface area contributed by atoms with Crippen molar-refractivity contribution in [2.45, 2.75) is 6.92 Å². The summed E-state index contributed by atoms with van der Waals surface area (Å²) in [7, 11) is 3.54. The second-order valence-electron chi connectivity index (χ2n) is 5.40. The zero-order chi connectivity index (χ0) is 17.1. The fraction of sp³-hybridized carbons (Fsp3) is 0.158. The third-order valence-corrected chi connectivity index (χ3v) is 5.02. The first-order valence-corrected chi connectivity index (χ1v) is 8.36. The largest absolute Gasteiger partial charge is 0.495 e. The van der Waals surface area contributed by atoms with E-state index in [9.17, 15) is 4.79 Å². The second-order valence-corrected chi connectivity index (χ2v) is 6.38. The standard InChI is InChI=1S/C19H18N2O2S/c1-13-9-11-15(23-3)17-18(13)24-19(21(17)2)20-16(22)12-10-14-7-5-4-6-8-14/h4-12H,1-3H3/b12-10+,20-19?. The number of benzene rings is 2. The van der Waals surface area contributed by atoms with Crippen LogP contribution in [0.5, 0.6) is 5.75 Å².